The van der Waals surface area contributed by atoms with Gasteiger partial charge in [0.15, 0.2) is 11.5 Å². The largest absolute Gasteiger partial charge is 0.493 e. The van der Waals surface area contributed by atoms with Crippen LogP contribution in [0.2, 0.25) is 0 Å². The third-order valence-electron chi connectivity index (χ3n) is 3.87. The van der Waals surface area contributed by atoms with Gasteiger partial charge in [-0.15, -0.1) is 0 Å². The fraction of sp³-hybridized carbons (Fsp3) is 0.316. The number of benzene rings is 1. The zero-order chi connectivity index (χ0) is 20.0. The van der Waals surface area contributed by atoms with Crippen molar-refractivity contribution in [3.63, 3.8) is 0 Å². The fourth-order valence-corrected chi connectivity index (χ4v) is 2.28. The normalized spacial score (nSPS) is 11.4. The first-order valence-electron chi connectivity index (χ1n) is 8.32. The van der Waals surface area contributed by atoms with Crippen LogP contribution < -0.4 is 19.5 Å². The maximum atomic E-state index is 12.6. The molecule has 1 atom stereocenters. The lowest BCUT2D eigenvalue weighted by Gasteiger charge is -2.15. The summed E-state index contributed by atoms with van der Waals surface area (Å²) < 4.78 is 16.0. The van der Waals surface area contributed by atoms with Gasteiger partial charge in [-0.1, -0.05) is 6.92 Å². The molecule has 1 aromatic carbocycles. The summed E-state index contributed by atoms with van der Waals surface area (Å²) in [4.78, 5) is 28.0. The Balaban J connectivity index is 2.33. The average Bonchev–Trinajstić information content (AvgIpc) is 2.67. The number of methoxy groups -OCH3 is 2. The van der Waals surface area contributed by atoms with Crippen LogP contribution in [0.4, 0.5) is 5.69 Å². The third kappa shape index (κ3) is 4.87. The molecular weight excluding hydrogens is 352 g/mol. The molecule has 0 fully saturated rings. The highest BCUT2D eigenvalue weighted by molar-refractivity contribution is 6.06. The standard InChI is InChI=1S/C19H22N2O6/c1-5-11(2)27-16-10-12(6-7-20-16)18(22)21-14-8-13(19(23)24)9-15(25-3)17(14)26-4/h6-11H,5H2,1-4H3,(H,21,22)(H,23,24). The van der Waals surface area contributed by atoms with E-state index in [0.29, 0.717) is 11.4 Å². The first-order valence-corrected chi connectivity index (χ1v) is 8.32. The lowest BCUT2D eigenvalue weighted by Crippen LogP contribution is -2.15. The maximum Gasteiger partial charge on any atom is 0.335 e. The lowest BCUT2D eigenvalue weighted by molar-refractivity contribution is 0.0696. The second-order valence-electron chi connectivity index (χ2n) is 5.74. The molecule has 2 aromatic rings. The molecule has 0 saturated heterocycles. The predicted molar refractivity (Wildman–Crippen MR) is 99.1 cm³/mol. The number of hydrogen-bond donors (Lipinski definition) is 2. The Kier molecular flexibility index (Phi) is 6.59. The van der Waals surface area contributed by atoms with Gasteiger partial charge in [0.25, 0.3) is 5.91 Å². The van der Waals surface area contributed by atoms with Crippen molar-refractivity contribution in [3.8, 4) is 17.4 Å². The van der Waals surface area contributed by atoms with E-state index in [4.69, 9.17) is 14.2 Å². The SMILES string of the molecule is CCC(C)Oc1cc(C(=O)Nc2cc(C(=O)O)cc(OC)c2OC)ccn1. The Bertz CT molecular complexity index is 837. The Labute approximate surface area is 157 Å². The highest BCUT2D eigenvalue weighted by atomic mass is 16.5. The lowest BCUT2D eigenvalue weighted by atomic mass is 10.1. The molecule has 1 heterocycles. The molecular formula is C19H22N2O6. The summed E-state index contributed by atoms with van der Waals surface area (Å²) in [6.45, 7) is 3.89. The van der Waals surface area contributed by atoms with Crippen molar-refractivity contribution in [1.82, 2.24) is 4.98 Å². The minimum absolute atomic E-state index is 0.0348. The molecule has 0 aliphatic carbocycles. The van der Waals surface area contributed by atoms with Gasteiger partial charge in [-0.2, -0.15) is 0 Å². The van der Waals surface area contributed by atoms with Crippen LogP contribution in [-0.2, 0) is 0 Å². The van der Waals surface area contributed by atoms with Crippen molar-refractivity contribution < 1.29 is 28.9 Å². The number of hydrogen-bond acceptors (Lipinski definition) is 6. The third-order valence-corrected chi connectivity index (χ3v) is 3.87. The number of pyridine rings is 1. The summed E-state index contributed by atoms with van der Waals surface area (Å²) in [7, 11) is 2.79. The summed E-state index contributed by atoms with van der Waals surface area (Å²) in [6, 6.07) is 5.68. The summed E-state index contributed by atoms with van der Waals surface area (Å²) in [5, 5.41) is 11.9. The van der Waals surface area contributed by atoms with E-state index in [-0.39, 0.29) is 28.9 Å². The number of nitrogens with one attached hydrogen (secondary N) is 1. The van der Waals surface area contributed by atoms with Gasteiger partial charge in [0, 0.05) is 17.8 Å². The van der Waals surface area contributed by atoms with Crippen LogP contribution >= 0.6 is 0 Å². The van der Waals surface area contributed by atoms with Crippen LogP contribution in [-0.4, -0.2) is 42.3 Å². The van der Waals surface area contributed by atoms with Gasteiger partial charge < -0.3 is 24.6 Å². The van der Waals surface area contributed by atoms with E-state index in [0.717, 1.165) is 6.42 Å². The second-order valence-corrected chi connectivity index (χ2v) is 5.74. The number of ether oxygens (including phenoxy) is 3. The van der Waals surface area contributed by atoms with Gasteiger partial charge >= 0.3 is 5.97 Å². The number of carboxylic acids is 1. The van der Waals surface area contributed by atoms with E-state index in [1.165, 1.54) is 44.7 Å². The van der Waals surface area contributed by atoms with Crippen molar-refractivity contribution in [2.24, 2.45) is 0 Å². The Morgan fingerprint density at radius 3 is 2.52 bits per heavy atom. The van der Waals surface area contributed by atoms with E-state index >= 15 is 0 Å². The van der Waals surface area contributed by atoms with Crippen LogP contribution in [0.1, 0.15) is 41.0 Å². The quantitative estimate of drug-likeness (QED) is 0.730. The van der Waals surface area contributed by atoms with Crippen molar-refractivity contribution in [2.45, 2.75) is 26.4 Å². The fourth-order valence-electron chi connectivity index (χ4n) is 2.28. The molecule has 1 amide bonds. The number of carbonyl (C=O) groups is 2. The van der Waals surface area contributed by atoms with Crippen molar-refractivity contribution in [3.05, 3.63) is 41.6 Å². The minimum atomic E-state index is -1.15. The van der Waals surface area contributed by atoms with E-state index in [2.05, 4.69) is 10.3 Å². The average molecular weight is 374 g/mol. The van der Waals surface area contributed by atoms with Gasteiger partial charge in [-0.3, -0.25) is 4.79 Å². The molecule has 1 unspecified atom stereocenters. The van der Waals surface area contributed by atoms with Gasteiger partial charge in [-0.05, 0) is 31.5 Å². The molecule has 0 saturated carbocycles. The summed E-state index contributed by atoms with van der Waals surface area (Å²) >= 11 is 0. The molecule has 0 aliphatic heterocycles. The highest BCUT2D eigenvalue weighted by Crippen LogP contribution is 2.37. The molecule has 0 radical (unpaired) electrons. The number of carbonyl (C=O) groups excluding carboxylic acids is 1. The number of anilines is 1. The van der Waals surface area contributed by atoms with Crippen LogP contribution in [0.25, 0.3) is 0 Å². The van der Waals surface area contributed by atoms with Gasteiger partial charge in [0.05, 0.1) is 31.6 Å². The van der Waals surface area contributed by atoms with Crippen molar-refractivity contribution in [1.29, 1.82) is 0 Å². The second kappa shape index (κ2) is 8.88. The van der Waals surface area contributed by atoms with Gasteiger partial charge in [-0.25, -0.2) is 9.78 Å². The first kappa shape index (κ1) is 20.0. The Morgan fingerprint density at radius 2 is 1.93 bits per heavy atom. The molecule has 0 spiro atoms. The highest BCUT2D eigenvalue weighted by Gasteiger charge is 2.18. The van der Waals surface area contributed by atoms with Gasteiger partial charge in [0.1, 0.15) is 0 Å². The molecule has 144 valence electrons. The van der Waals surface area contributed by atoms with E-state index in [1.54, 1.807) is 0 Å². The predicted octanol–water partition coefficient (Wildman–Crippen LogP) is 3.23. The van der Waals surface area contributed by atoms with Crippen LogP contribution in [0.5, 0.6) is 17.4 Å². The Morgan fingerprint density at radius 1 is 1.19 bits per heavy atom. The Hall–Kier alpha value is -3.29. The summed E-state index contributed by atoms with van der Waals surface area (Å²) in [5.41, 5.74) is 0.448. The number of carboxylic acid groups (broad SMARTS) is 1. The minimum Gasteiger partial charge on any atom is -0.493 e. The molecule has 8 nitrogen and oxygen atoms in total. The monoisotopic (exact) mass is 374 g/mol. The first-order chi connectivity index (χ1) is 12.9. The zero-order valence-corrected chi connectivity index (χ0v) is 15.6. The van der Waals surface area contributed by atoms with Crippen LogP contribution in [0.15, 0.2) is 30.5 Å². The topological polar surface area (TPSA) is 107 Å². The molecule has 8 heteroatoms. The molecule has 27 heavy (non-hydrogen) atoms. The van der Waals surface area contributed by atoms with Crippen molar-refractivity contribution in [2.75, 3.05) is 19.5 Å². The molecule has 0 bridgehead atoms. The maximum absolute atomic E-state index is 12.6. The van der Waals surface area contributed by atoms with E-state index in [1.807, 2.05) is 13.8 Å². The van der Waals surface area contributed by atoms with Crippen LogP contribution in [0.3, 0.4) is 0 Å². The number of aromatic carboxylic acids is 1. The molecule has 1 aromatic heterocycles. The van der Waals surface area contributed by atoms with Crippen molar-refractivity contribution >= 4 is 17.6 Å². The molecule has 2 N–H and O–H groups in total. The number of amides is 1. The zero-order valence-electron chi connectivity index (χ0n) is 15.6. The van der Waals surface area contributed by atoms with E-state index < -0.39 is 11.9 Å². The van der Waals surface area contributed by atoms with E-state index in [9.17, 15) is 14.7 Å². The molecule has 2 rings (SSSR count). The summed E-state index contributed by atoms with van der Waals surface area (Å²) in [5.74, 6) is -0.862. The number of rotatable bonds is 8. The smallest absolute Gasteiger partial charge is 0.335 e. The van der Waals surface area contributed by atoms with Crippen LogP contribution in [0, 0.1) is 0 Å². The van der Waals surface area contributed by atoms with Gasteiger partial charge in [0.2, 0.25) is 5.88 Å². The number of nitrogens with zero attached hydrogens (tertiary/aromatic N) is 1. The number of aromatic nitrogens is 1. The summed E-state index contributed by atoms with van der Waals surface area (Å²) in [6.07, 6.45) is 2.24. The molecule has 0 aliphatic rings.